The van der Waals surface area contributed by atoms with Gasteiger partial charge in [0.25, 0.3) is 0 Å². The topological polar surface area (TPSA) is 36.4 Å². The Hall–Kier alpha value is -3.06. The first-order valence-corrected chi connectivity index (χ1v) is 9.42. The van der Waals surface area contributed by atoms with Crippen molar-refractivity contribution < 1.29 is 4.79 Å². The lowest BCUT2D eigenvalue weighted by atomic mass is 10.0. The summed E-state index contributed by atoms with van der Waals surface area (Å²) in [5, 5.41) is 0. The molecule has 1 aromatic heterocycles. The standard InChI is InChI=1S/C23H25N3O/c1-3-26(22-13-5-4-6-14-22)23(27)25-17-15-20(16-18-25)10-8-12-21-11-7-9-19(2)24-21/h4-7,9-11,13-14H,3,15-18H2,1-2H3. The lowest BCUT2D eigenvalue weighted by Crippen LogP contribution is -2.45. The third-order valence-corrected chi connectivity index (χ3v) is 4.66. The second-order valence-corrected chi connectivity index (χ2v) is 6.59. The first kappa shape index (κ1) is 18.7. The highest BCUT2D eigenvalue weighted by Crippen LogP contribution is 2.20. The monoisotopic (exact) mass is 359 g/mol. The molecule has 2 heterocycles. The van der Waals surface area contributed by atoms with E-state index in [1.54, 1.807) is 0 Å². The van der Waals surface area contributed by atoms with Crippen molar-refractivity contribution in [2.75, 3.05) is 24.5 Å². The largest absolute Gasteiger partial charge is 0.324 e. The Kier molecular flexibility index (Phi) is 6.27. The number of pyridine rings is 1. The highest BCUT2D eigenvalue weighted by atomic mass is 16.2. The molecule has 0 unspecified atom stereocenters. The van der Waals surface area contributed by atoms with Gasteiger partial charge in [0.05, 0.1) is 0 Å². The Morgan fingerprint density at radius 3 is 2.56 bits per heavy atom. The molecular formula is C23H25N3O. The minimum atomic E-state index is 0.0813. The molecule has 1 aliphatic rings. The summed E-state index contributed by atoms with van der Waals surface area (Å²) in [6, 6.07) is 15.8. The van der Waals surface area contributed by atoms with E-state index in [0.717, 1.165) is 43.0 Å². The third-order valence-electron chi connectivity index (χ3n) is 4.66. The lowest BCUT2D eigenvalue weighted by Gasteiger charge is -2.33. The fourth-order valence-corrected chi connectivity index (χ4v) is 3.16. The van der Waals surface area contributed by atoms with E-state index in [1.165, 1.54) is 5.57 Å². The maximum Gasteiger partial charge on any atom is 0.324 e. The average Bonchev–Trinajstić information content (AvgIpc) is 2.70. The Bertz CT molecular complexity index is 867. The minimum absolute atomic E-state index is 0.0813. The van der Waals surface area contributed by atoms with Crippen molar-refractivity contribution in [2.45, 2.75) is 26.7 Å². The number of carbonyl (C=O) groups is 1. The van der Waals surface area contributed by atoms with E-state index in [4.69, 9.17) is 0 Å². The molecule has 2 aromatic rings. The number of carbonyl (C=O) groups excluding carboxylic acids is 1. The molecule has 27 heavy (non-hydrogen) atoms. The van der Waals surface area contributed by atoms with Gasteiger partial charge in [0.1, 0.15) is 5.69 Å². The number of anilines is 1. The highest BCUT2D eigenvalue weighted by molar-refractivity contribution is 5.92. The van der Waals surface area contributed by atoms with Gasteiger partial charge in [0.2, 0.25) is 0 Å². The molecular weight excluding hydrogens is 334 g/mol. The van der Waals surface area contributed by atoms with Gasteiger partial charge >= 0.3 is 6.03 Å². The molecule has 0 bridgehead atoms. The molecule has 0 atom stereocenters. The molecule has 0 spiro atoms. The molecule has 1 fully saturated rings. The predicted molar refractivity (Wildman–Crippen MR) is 110 cm³/mol. The van der Waals surface area contributed by atoms with Gasteiger partial charge in [-0.15, -0.1) is 0 Å². The van der Waals surface area contributed by atoms with Crippen molar-refractivity contribution in [1.29, 1.82) is 0 Å². The maximum atomic E-state index is 12.9. The van der Waals surface area contributed by atoms with Gasteiger partial charge in [-0.3, -0.25) is 4.90 Å². The average molecular weight is 359 g/mol. The zero-order chi connectivity index (χ0) is 19.1. The number of piperidine rings is 1. The summed E-state index contributed by atoms with van der Waals surface area (Å²) in [7, 11) is 0. The van der Waals surface area contributed by atoms with E-state index in [-0.39, 0.29) is 6.03 Å². The molecule has 3 rings (SSSR count). The van der Waals surface area contributed by atoms with Gasteiger partial charge in [-0.05, 0) is 63.0 Å². The molecule has 4 nitrogen and oxygen atoms in total. The van der Waals surface area contributed by atoms with E-state index in [9.17, 15) is 4.79 Å². The first-order chi connectivity index (χ1) is 13.2. The number of benzene rings is 1. The maximum absolute atomic E-state index is 12.9. The van der Waals surface area contributed by atoms with Crippen molar-refractivity contribution in [3.63, 3.8) is 0 Å². The van der Waals surface area contributed by atoms with Crippen LogP contribution in [0.2, 0.25) is 0 Å². The number of hydrogen-bond acceptors (Lipinski definition) is 2. The second kappa shape index (κ2) is 9.05. The number of nitrogens with zero attached hydrogens (tertiary/aromatic N) is 3. The molecule has 4 heteroatoms. The van der Waals surface area contributed by atoms with Gasteiger partial charge in [-0.2, -0.15) is 0 Å². The smallest absolute Gasteiger partial charge is 0.324 e. The normalized spacial score (nSPS) is 13.6. The van der Waals surface area contributed by atoms with Crippen LogP contribution in [0.3, 0.4) is 0 Å². The number of amides is 2. The molecule has 1 aliphatic heterocycles. The summed E-state index contributed by atoms with van der Waals surface area (Å²) in [5.41, 5.74) is 4.01. The van der Waals surface area contributed by atoms with Crippen molar-refractivity contribution in [2.24, 2.45) is 0 Å². The molecule has 138 valence electrons. The molecule has 2 amide bonds. The fourth-order valence-electron chi connectivity index (χ4n) is 3.16. The Labute approximate surface area is 161 Å². The van der Waals surface area contributed by atoms with Crippen LogP contribution in [0.1, 0.15) is 31.2 Å². The summed E-state index contributed by atoms with van der Waals surface area (Å²) in [5.74, 6) is 6.20. The fraction of sp³-hybridized carbons (Fsp3) is 0.304. The summed E-state index contributed by atoms with van der Waals surface area (Å²) in [4.78, 5) is 21.0. The van der Waals surface area contributed by atoms with Crippen molar-refractivity contribution in [3.8, 4) is 11.8 Å². The first-order valence-electron chi connectivity index (χ1n) is 9.42. The van der Waals surface area contributed by atoms with Crippen LogP contribution in [0.4, 0.5) is 10.5 Å². The number of aryl methyl sites for hydroxylation is 1. The van der Waals surface area contributed by atoms with Gasteiger partial charge in [0.15, 0.2) is 0 Å². The quantitative estimate of drug-likeness (QED) is 0.745. The molecule has 1 aromatic carbocycles. The third kappa shape index (κ3) is 4.98. The zero-order valence-corrected chi connectivity index (χ0v) is 16.0. The van der Waals surface area contributed by atoms with Crippen LogP contribution in [0.15, 0.2) is 60.2 Å². The molecule has 0 aliphatic carbocycles. The van der Waals surface area contributed by atoms with Crippen molar-refractivity contribution in [1.82, 2.24) is 9.88 Å². The number of aromatic nitrogens is 1. The Morgan fingerprint density at radius 2 is 1.89 bits per heavy atom. The number of hydrogen-bond donors (Lipinski definition) is 0. The number of urea groups is 1. The van der Waals surface area contributed by atoms with E-state index in [2.05, 4.69) is 16.8 Å². The minimum Gasteiger partial charge on any atom is -0.324 e. The molecule has 0 N–H and O–H groups in total. The number of rotatable bonds is 2. The van der Waals surface area contributed by atoms with Crippen LogP contribution in [-0.4, -0.2) is 35.5 Å². The van der Waals surface area contributed by atoms with Crippen molar-refractivity contribution in [3.05, 3.63) is 71.6 Å². The van der Waals surface area contributed by atoms with E-state index in [0.29, 0.717) is 6.54 Å². The van der Waals surface area contributed by atoms with Crippen LogP contribution in [0, 0.1) is 18.8 Å². The van der Waals surface area contributed by atoms with Gasteiger partial charge in [0, 0.05) is 31.0 Å². The predicted octanol–water partition coefficient (Wildman–Crippen LogP) is 4.41. The zero-order valence-electron chi connectivity index (χ0n) is 16.0. The number of allylic oxidation sites excluding steroid dienone is 1. The highest BCUT2D eigenvalue weighted by Gasteiger charge is 2.23. The Morgan fingerprint density at radius 1 is 1.15 bits per heavy atom. The molecule has 0 saturated carbocycles. The van der Waals surface area contributed by atoms with Gasteiger partial charge in [-0.1, -0.05) is 35.8 Å². The summed E-state index contributed by atoms with van der Waals surface area (Å²) < 4.78 is 0. The van der Waals surface area contributed by atoms with Crippen LogP contribution in [0.5, 0.6) is 0 Å². The molecule has 1 saturated heterocycles. The lowest BCUT2D eigenvalue weighted by molar-refractivity contribution is 0.201. The van der Waals surface area contributed by atoms with Crippen LogP contribution in [0.25, 0.3) is 0 Å². The number of para-hydroxylation sites is 1. The van der Waals surface area contributed by atoms with Crippen LogP contribution >= 0.6 is 0 Å². The van der Waals surface area contributed by atoms with E-state index in [1.807, 2.05) is 78.3 Å². The van der Waals surface area contributed by atoms with Crippen LogP contribution in [-0.2, 0) is 0 Å². The summed E-state index contributed by atoms with van der Waals surface area (Å²) in [6.45, 7) is 6.11. The summed E-state index contributed by atoms with van der Waals surface area (Å²) >= 11 is 0. The summed E-state index contributed by atoms with van der Waals surface area (Å²) in [6.07, 6.45) is 3.72. The van der Waals surface area contributed by atoms with E-state index < -0.39 is 0 Å². The van der Waals surface area contributed by atoms with Crippen LogP contribution < -0.4 is 4.90 Å². The molecule has 0 radical (unpaired) electrons. The Balaban J connectivity index is 1.59. The van der Waals surface area contributed by atoms with Gasteiger partial charge < -0.3 is 4.90 Å². The van der Waals surface area contributed by atoms with Gasteiger partial charge in [-0.25, -0.2) is 9.78 Å². The number of likely N-dealkylation sites (tertiary alicyclic amines) is 1. The SMILES string of the molecule is CCN(C(=O)N1CCC(=CC#Cc2cccc(C)n2)CC1)c1ccccc1. The van der Waals surface area contributed by atoms with E-state index >= 15 is 0 Å². The van der Waals surface area contributed by atoms with Crippen molar-refractivity contribution >= 4 is 11.7 Å². The second-order valence-electron chi connectivity index (χ2n) is 6.59.